The van der Waals surface area contributed by atoms with Gasteiger partial charge in [-0.05, 0) is 56.0 Å². The van der Waals surface area contributed by atoms with E-state index in [1.165, 1.54) is 0 Å². The molecule has 2 aromatic rings. The third-order valence-corrected chi connectivity index (χ3v) is 4.58. The van der Waals surface area contributed by atoms with E-state index in [2.05, 4.69) is 10.6 Å². The van der Waals surface area contributed by atoms with Crippen LogP contribution in [0.5, 0.6) is 5.75 Å². The number of benzene rings is 2. The molecule has 1 aliphatic rings. The third-order valence-electron chi connectivity index (χ3n) is 3.86. The Balaban J connectivity index is 1.83. The topological polar surface area (TPSA) is 67.4 Å². The van der Waals surface area contributed by atoms with Crippen LogP contribution in [0.2, 0.25) is 0 Å². The standard InChI is InChI=1S/C18H18N2O3S/c1-10-4-6-13(24-3)9-14(10)18(22)19-12-5-7-16-15(8-12)20-17(21)11(2)23-16/h4-9,11H,1-3H3,(H,19,22)(H,20,21). The number of hydrogen-bond donors (Lipinski definition) is 2. The number of anilines is 2. The Morgan fingerprint density at radius 3 is 2.79 bits per heavy atom. The lowest BCUT2D eigenvalue weighted by molar-refractivity contribution is -0.122. The van der Waals surface area contributed by atoms with E-state index in [1.807, 2.05) is 31.4 Å². The van der Waals surface area contributed by atoms with Crippen molar-refractivity contribution in [3.63, 3.8) is 0 Å². The Labute approximate surface area is 144 Å². The van der Waals surface area contributed by atoms with Crippen LogP contribution < -0.4 is 15.4 Å². The first-order valence-corrected chi connectivity index (χ1v) is 8.78. The first-order chi connectivity index (χ1) is 11.5. The molecule has 0 aromatic heterocycles. The zero-order valence-corrected chi connectivity index (χ0v) is 14.5. The molecule has 2 amide bonds. The summed E-state index contributed by atoms with van der Waals surface area (Å²) in [6.07, 6.45) is 1.45. The second-order valence-electron chi connectivity index (χ2n) is 5.60. The largest absolute Gasteiger partial charge is 0.479 e. The number of hydrogen-bond acceptors (Lipinski definition) is 4. The van der Waals surface area contributed by atoms with Crippen molar-refractivity contribution in [1.29, 1.82) is 0 Å². The smallest absolute Gasteiger partial charge is 0.265 e. The van der Waals surface area contributed by atoms with Gasteiger partial charge in [-0.15, -0.1) is 11.8 Å². The molecule has 0 radical (unpaired) electrons. The van der Waals surface area contributed by atoms with Crippen LogP contribution in [0.1, 0.15) is 22.8 Å². The number of aryl methyl sites for hydroxylation is 1. The number of carbonyl (C=O) groups is 2. The number of fused-ring (bicyclic) bond motifs is 1. The van der Waals surface area contributed by atoms with Crippen LogP contribution in [0.3, 0.4) is 0 Å². The van der Waals surface area contributed by atoms with E-state index >= 15 is 0 Å². The Kier molecular flexibility index (Phi) is 4.49. The molecule has 3 rings (SSSR count). The van der Waals surface area contributed by atoms with Gasteiger partial charge < -0.3 is 15.4 Å². The maximum absolute atomic E-state index is 12.5. The summed E-state index contributed by atoms with van der Waals surface area (Å²) in [5.74, 6) is 0.218. The molecule has 0 spiro atoms. The van der Waals surface area contributed by atoms with Crippen LogP contribution in [-0.4, -0.2) is 24.2 Å². The Hall–Kier alpha value is -2.47. The van der Waals surface area contributed by atoms with Gasteiger partial charge in [-0.25, -0.2) is 0 Å². The number of rotatable bonds is 3. The average molecular weight is 342 g/mol. The van der Waals surface area contributed by atoms with Crippen LogP contribution in [0, 0.1) is 6.92 Å². The quantitative estimate of drug-likeness (QED) is 0.835. The molecule has 24 heavy (non-hydrogen) atoms. The van der Waals surface area contributed by atoms with Crippen molar-refractivity contribution in [2.75, 3.05) is 16.9 Å². The number of nitrogens with one attached hydrogen (secondary N) is 2. The molecule has 1 aliphatic heterocycles. The summed E-state index contributed by atoms with van der Waals surface area (Å²) in [5, 5.41) is 5.65. The van der Waals surface area contributed by atoms with Crippen molar-refractivity contribution in [3.05, 3.63) is 47.5 Å². The highest BCUT2D eigenvalue weighted by Gasteiger charge is 2.23. The minimum atomic E-state index is -0.519. The Morgan fingerprint density at radius 2 is 2.04 bits per heavy atom. The monoisotopic (exact) mass is 342 g/mol. The zero-order chi connectivity index (χ0) is 17.3. The maximum Gasteiger partial charge on any atom is 0.265 e. The molecule has 1 unspecified atom stereocenters. The molecule has 6 heteroatoms. The van der Waals surface area contributed by atoms with Crippen molar-refractivity contribution in [1.82, 2.24) is 0 Å². The lowest BCUT2D eigenvalue weighted by atomic mass is 10.1. The minimum absolute atomic E-state index is 0.181. The van der Waals surface area contributed by atoms with Gasteiger partial charge in [0.1, 0.15) is 5.75 Å². The summed E-state index contributed by atoms with van der Waals surface area (Å²) >= 11 is 1.59. The van der Waals surface area contributed by atoms with Crippen molar-refractivity contribution in [2.24, 2.45) is 0 Å². The Morgan fingerprint density at radius 1 is 1.25 bits per heavy atom. The predicted octanol–water partition coefficient (Wildman–Crippen LogP) is 3.69. The zero-order valence-electron chi connectivity index (χ0n) is 13.7. The van der Waals surface area contributed by atoms with Crippen LogP contribution in [0.15, 0.2) is 41.3 Å². The normalized spacial score (nSPS) is 16.0. The van der Waals surface area contributed by atoms with Gasteiger partial charge in [-0.1, -0.05) is 6.07 Å². The maximum atomic E-state index is 12.5. The highest BCUT2D eigenvalue weighted by atomic mass is 32.2. The SMILES string of the molecule is CSc1ccc(C)c(C(=O)Nc2ccc3c(c2)NC(=O)C(C)O3)c1. The van der Waals surface area contributed by atoms with Gasteiger partial charge in [0, 0.05) is 16.1 Å². The second-order valence-corrected chi connectivity index (χ2v) is 6.47. The summed E-state index contributed by atoms with van der Waals surface area (Å²) in [4.78, 5) is 25.3. The van der Waals surface area contributed by atoms with Gasteiger partial charge in [0.2, 0.25) is 0 Å². The van der Waals surface area contributed by atoms with Crippen molar-refractivity contribution >= 4 is 35.0 Å². The first-order valence-electron chi connectivity index (χ1n) is 7.55. The van der Waals surface area contributed by atoms with Gasteiger partial charge >= 0.3 is 0 Å². The predicted molar refractivity (Wildman–Crippen MR) is 96.1 cm³/mol. The Bertz CT molecular complexity index is 820. The fourth-order valence-corrected chi connectivity index (χ4v) is 2.90. The molecule has 0 bridgehead atoms. The van der Waals surface area contributed by atoms with Gasteiger partial charge in [-0.2, -0.15) is 0 Å². The molecule has 1 heterocycles. The molecule has 0 fully saturated rings. The van der Waals surface area contributed by atoms with E-state index < -0.39 is 6.10 Å². The minimum Gasteiger partial charge on any atom is -0.479 e. The van der Waals surface area contributed by atoms with Crippen LogP contribution in [0.25, 0.3) is 0 Å². The van der Waals surface area contributed by atoms with E-state index in [4.69, 9.17) is 4.74 Å². The van der Waals surface area contributed by atoms with Gasteiger partial charge in [0.05, 0.1) is 5.69 Å². The summed E-state index contributed by atoms with van der Waals surface area (Å²) in [7, 11) is 0. The van der Waals surface area contributed by atoms with Gasteiger partial charge in [0.15, 0.2) is 6.10 Å². The molecular weight excluding hydrogens is 324 g/mol. The molecule has 0 aliphatic carbocycles. The summed E-state index contributed by atoms with van der Waals surface area (Å²) in [6, 6.07) is 11.0. The molecular formula is C18H18N2O3S. The summed E-state index contributed by atoms with van der Waals surface area (Å²) in [5.41, 5.74) is 2.71. The molecule has 2 aromatic carbocycles. The van der Waals surface area contributed by atoms with E-state index in [1.54, 1.807) is 36.9 Å². The summed E-state index contributed by atoms with van der Waals surface area (Å²) < 4.78 is 5.51. The van der Waals surface area contributed by atoms with Gasteiger partial charge in [0.25, 0.3) is 11.8 Å². The lowest BCUT2D eigenvalue weighted by Crippen LogP contribution is -2.34. The number of ether oxygens (including phenoxy) is 1. The molecule has 124 valence electrons. The summed E-state index contributed by atoms with van der Waals surface area (Å²) in [6.45, 7) is 3.59. The third kappa shape index (κ3) is 3.23. The fraction of sp³-hybridized carbons (Fsp3) is 0.222. The van der Waals surface area contributed by atoms with Gasteiger partial charge in [-0.3, -0.25) is 9.59 Å². The molecule has 0 saturated heterocycles. The van der Waals surface area contributed by atoms with Crippen molar-refractivity contribution in [2.45, 2.75) is 24.8 Å². The van der Waals surface area contributed by atoms with Crippen LogP contribution >= 0.6 is 11.8 Å². The number of thioether (sulfide) groups is 1. The molecule has 0 saturated carbocycles. The van der Waals surface area contributed by atoms with E-state index in [0.29, 0.717) is 22.7 Å². The highest BCUT2D eigenvalue weighted by Crippen LogP contribution is 2.32. The molecule has 2 N–H and O–H groups in total. The molecule has 1 atom stereocenters. The van der Waals surface area contributed by atoms with E-state index in [9.17, 15) is 9.59 Å². The molecule has 5 nitrogen and oxygen atoms in total. The number of amides is 2. The lowest BCUT2D eigenvalue weighted by Gasteiger charge is -2.23. The highest BCUT2D eigenvalue weighted by molar-refractivity contribution is 7.98. The van der Waals surface area contributed by atoms with Crippen molar-refractivity contribution in [3.8, 4) is 5.75 Å². The first kappa shape index (κ1) is 16.4. The second kappa shape index (κ2) is 6.57. The van der Waals surface area contributed by atoms with Crippen LogP contribution in [-0.2, 0) is 4.79 Å². The van der Waals surface area contributed by atoms with Crippen molar-refractivity contribution < 1.29 is 14.3 Å². The van der Waals surface area contributed by atoms with E-state index in [0.717, 1.165) is 10.5 Å². The fourth-order valence-electron chi connectivity index (χ4n) is 2.46. The number of carbonyl (C=O) groups excluding carboxylic acids is 2. The van der Waals surface area contributed by atoms with Crippen LogP contribution in [0.4, 0.5) is 11.4 Å². The average Bonchev–Trinajstić information content (AvgIpc) is 2.56. The van der Waals surface area contributed by atoms with E-state index in [-0.39, 0.29) is 11.8 Å².